The molecule has 0 atom stereocenters. The molecule has 0 saturated heterocycles. The number of nitrogens with zero attached hydrogens (tertiary/aromatic N) is 2. The van der Waals surface area contributed by atoms with Crippen LogP contribution in [0.1, 0.15) is 35.4 Å². The second kappa shape index (κ2) is 7.78. The lowest BCUT2D eigenvalue weighted by molar-refractivity contribution is -0.150. The molecule has 6 heteroatoms. The van der Waals surface area contributed by atoms with Gasteiger partial charge in [0, 0.05) is 0 Å². The Morgan fingerprint density at radius 2 is 1.70 bits per heavy atom. The van der Waals surface area contributed by atoms with Crippen molar-refractivity contribution in [2.24, 2.45) is 0 Å². The number of carbonyl (C=O) groups excluding carboxylic acids is 2. The van der Waals surface area contributed by atoms with Gasteiger partial charge < -0.3 is 10.1 Å². The molecular formula is C24H25N3O3. The van der Waals surface area contributed by atoms with Crippen molar-refractivity contribution < 1.29 is 14.3 Å². The van der Waals surface area contributed by atoms with E-state index in [9.17, 15) is 9.59 Å². The summed E-state index contributed by atoms with van der Waals surface area (Å²) in [7, 11) is 0. The molecule has 1 fully saturated rings. The topological polar surface area (TPSA) is 73.2 Å². The zero-order valence-corrected chi connectivity index (χ0v) is 17.4. The van der Waals surface area contributed by atoms with Crippen LogP contribution in [-0.4, -0.2) is 28.3 Å². The van der Waals surface area contributed by atoms with Crippen molar-refractivity contribution in [1.82, 2.24) is 9.78 Å². The van der Waals surface area contributed by atoms with Crippen LogP contribution >= 0.6 is 0 Å². The fourth-order valence-corrected chi connectivity index (χ4v) is 3.70. The maximum atomic E-state index is 12.6. The van der Waals surface area contributed by atoms with Gasteiger partial charge in [0.25, 0.3) is 5.91 Å². The molecule has 0 unspecified atom stereocenters. The Labute approximate surface area is 175 Å². The number of aryl methyl sites for hydroxylation is 2. The van der Waals surface area contributed by atoms with E-state index < -0.39 is 5.41 Å². The number of anilines is 1. The minimum Gasteiger partial charge on any atom is -0.455 e. The summed E-state index contributed by atoms with van der Waals surface area (Å²) in [4.78, 5) is 25.1. The monoisotopic (exact) mass is 403 g/mol. The molecule has 30 heavy (non-hydrogen) atoms. The van der Waals surface area contributed by atoms with Crippen molar-refractivity contribution in [3.63, 3.8) is 0 Å². The Morgan fingerprint density at radius 3 is 2.33 bits per heavy atom. The van der Waals surface area contributed by atoms with Crippen LogP contribution in [0.15, 0.2) is 54.6 Å². The quantitative estimate of drug-likeness (QED) is 0.631. The van der Waals surface area contributed by atoms with E-state index in [1.165, 1.54) is 5.56 Å². The number of carbonyl (C=O) groups is 2. The molecule has 6 nitrogen and oxygen atoms in total. The van der Waals surface area contributed by atoms with E-state index in [4.69, 9.17) is 4.74 Å². The van der Waals surface area contributed by atoms with Gasteiger partial charge in [0.1, 0.15) is 0 Å². The molecule has 0 bridgehead atoms. The van der Waals surface area contributed by atoms with Crippen LogP contribution in [0.4, 0.5) is 5.69 Å². The number of esters is 1. The SMILES string of the molecule is Cc1ccc(-n2nc(C)c(NC(=O)COC(=O)C3(c4ccccc4)CC3)c2C)cc1. The number of benzene rings is 2. The van der Waals surface area contributed by atoms with Crippen molar-refractivity contribution in [2.45, 2.75) is 39.0 Å². The number of rotatable bonds is 6. The molecule has 0 radical (unpaired) electrons. The molecule has 1 heterocycles. The molecule has 1 amide bonds. The smallest absolute Gasteiger partial charge is 0.317 e. The number of nitrogens with one attached hydrogen (secondary N) is 1. The number of hydrogen-bond acceptors (Lipinski definition) is 4. The lowest BCUT2D eigenvalue weighted by Crippen LogP contribution is -2.28. The Bertz CT molecular complexity index is 1080. The minimum atomic E-state index is -0.594. The summed E-state index contributed by atoms with van der Waals surface area (Å²) in [6.45, 7) is 5.45. The van der Waals surface area contributed by atoms with Crippen molar-refractivity contribution in [3.8, 4) is 5.69 Å². The molecule has 0 aliphatic heterocycles. The minimum absolute atomic E-state index is 0.317. The summed E-state index contributed by atoms with van der Waals surface area (Å²) >= 11 is 0. The molecule has 154 valence electrons. The molecule has 4 rings (SSSR count). The van der Waals surface area contributed by atoms with E-state index in [1.54, 1.807) is 4.68 Å². The van der Waals surface area contributed by atoms with E-state index in [-0.39, 0.29) is 18.5 Å². The van der Waals surface area contributed by atoms with Gasteiger partial charge >= 0.3 is 5.97 Å². The maximum Gasteiger partial charge on any atom is 0.317 e. The molecule has 1 aromatic heterocycles. The molecule has 0 spiro atoms. The van der Waals surface area contributed by atoms with E-state index in [0.29, 0.717) is 11.4 Å². The first-order chi connectivity index (χ1) is 14.4. The predicted molar refractivity (Wildman–Crippen MR) is 115 cm³/mol. The third kappa shape index (κ3) is 3.73. The van der Waals surface area contributed by atoms with Crippen LogP contribution in [0.5, 0.6) is 0 Å². The molecule has 2 aromatic carbocycles. The first kappa shape index (κ1) is 19.9. The molecule has 1 aliphatic rings. The summed E-state index contributed by atoms with van der Waals surface area (Å²) in [5.74, 6) is -0.713. The summed E-state index contributed by atoms with van der Waals surface area (Å²) in [6.07, 6.45) is 1.50. The number of hydrogen-bond donors (Lipinski definition) is 1. The van der Waals surface area contributed by atoms with Gasteiger partial charge in [0.2, 0.25) is 0 Å². The van der Waals surface area contributed by atoms with E-state index >= 15 is 0 Å². The Kier molecular flexibility index (Phi) is 5.16. The molecule has 3 aromatic rings. The van der Waals surface area contributed by atoms with Gasteiger partial charge in [-0.15, -0.1) is 0 Å². The summed E-state index contributed by atoms with van der Waals surface area (Å²) < 4.78 is 7.16. The average molecular weight is 403 g/mol. The van der Waals surface area contributed by atoms with E-state index in [1.807, 2.05) is 75.4 Å². The highest BCUT2D eigenvalue weighted by Crippen LogP contribution is 2.49. The molecule has 1 aliphatic carbocycles. The lowest BCUT2D eigenvalue weighted by atomic mass is 9.96. The van der Waals surface area contributed by atoms with Crippen molar-refractivity contribution in [3.05, 3.63) is 77.1 Å². The van der Waals surface area contributed by atoms with Crippen molar-refractivity contribution >= 4 is 17.6 Å². The van der Waals surface area contributed by atoms with Gasteiger partial charge in [-0.1, -0.05) is 48.0 Å². The third-order valence-electron chi connectivity index (χ3n) is 5.64. The predicted octanol–water partition coefficient (Wildman–Crippen LogP) is 4.01. The Hall–Kier alpha value is -3.41. The fourth-order valence-electron chi connectivity index (χ4n) is 3.70. The highest BCUT2D eigenvalue weighted by molar-refractivity contribution is 5.95. The molecular weight excluding hydrogens is 378 g/mol. The van der Waals surface area contributed by atoms with Crippen LogP contribution in [0, 0.1) is 20.8 Å². The van der Waals surface area contributed by atoms with Crippen LogP contribution in [0.25, 0.3) is 5.69 Å². The third-order valence-corrected chi connectivity index (χ3v) is 5.64. The zero-order chi connectivity index (χ0) is 21.3. The normalized spacial score (nSPS) is 14.2. The molecule has 1 N–H and O–H groups in total. The zero-order valence-electron chi connectivity index (χ0n) is 17.4. The van der Waals surface area contributed by atoms with Crippen LogP contribution in [-0.2, 0) is 19.7 Å². The number of ether oxygens (including phenoxy) is 1. The van der Waals surface area contributed by atoms with Gasteiger partial charge in [-0.2, -0.15) is 5.10 Å². The van der Waals surface area contributed by atoms with Gasteiger partial charge in [-0.25, -0.2) is 4.68 Å². The van der Waals surface area contributed by atoms with Crippen LogP contribution in [0.2, 0.25) is 0 Å². The van der Waals surface area contributed by atoms with Gasteiger partial charge in [0.15, 0.2) is 6.61 Å². The fraction of sp³-hybridized carbons (Fsp3) is 0.292. The second-order valence-electron chi connectivity index (χ2n) is 7.87. The number of aromatic nitrogens is 2. The summed E-state index contributed by atoms with van der Waals surface area (Å²) in [6, 6.07) is 17.6. The van der Waals surface area contributed by atoms with Gasteiger partial charge in [-0.05, 0) is 51.3 Å². The molecule has 1 saturated carbocycles. The summed E-state index contributed by atoms with van der Waals surface area (Å²) in [5, 5.41) is 7.39. The van der Waals surface area contributed by atoms with E-state index in [0.717, 1.165) is 29.8 Å². The van der Waals surface area contributed by atoms with Gasteiger partial charge in [0.05, 0.1) is 28.2 Å². The van der Waals surface area contributed by atoms with Crippen molar-refractivity contribution in [2.75, 3.05) is 11.9 Å². The first-order valence-electron chi connectivity index (χ1n) is 10.1. The maximum absolute atomic E-state index is 12.6. The van der Waals surface area contributed by atoms with E-state index in [2.05, 4.69) is 10.4 Å². The largest absolute Gasteiger partial charge is 0.455 e. The highest BCUT2D eigenvalue weighted by atomic mass is 16.5. The lowest BCUT2D eigenvalue weighted by Gasteiger charge is -2.14. The number of amides is 1. The first-order valence-corrected chi connectivity index (χ1v) is 10.1. The Morgan fingerprint density at radius 1 is 1.03 bits per heavy atom. The van der Waals surface area contributed by atoms with Crippen molar-refractivity contribution in [1.29, 1.82) is 0 Å². The van der Waals surface area contributed by atoms with Crippen LogP contribution < -0.4 is 5.32 Å². The standard InChI is InChI=1S/C24H25N3O3/c1-16-9-11-20(12-10-16)27-18(3)22(17(2)26-27)25-21(28)15-30-23(29)24(13-14-24)19-7-5-4-6-8-19/h4-12H,13-15H2,1-3H3,(H,25,28). The summed E-state index contributed by atoms with van der Waals surface area (Å²) in [5.41, 5.74) is 4.60. The average Bonchev–Trinajstić information content (AvgIpc) is 3.52. The van der Waals surface area contributed by atoms with Gasteiger partial charge in [-0.3, -0.25) is 9.59 Å². The highest BCUT2D eigenvalue weighted by Gasteiger charge is 2.52. The second-order valence-corrected chi connectivity index (χ2v) is 7.87. The Balaban J connectivity index is 1.41. The van der Waals surface area contributed by atoms with Crippen LogP contribution in [0.3, 0.4) is 0 Å².